The van der Waals surface area contributed by atoms with Crippen LogP contribution in [0.2, 0.25) is 5.02 Å². The van der Waals surface area contributed by atoms with Crippen LogP contribution in [0.4, 0.5) is 5.82 Å². The van der Waals surface area contributed by atoms with Gasteiger partial charge in [0.05, 0.1) is 13.2 Å². The number of ether oxygens (including phenoxy) is 2. The maximum absolute atomic E-state index is 12.2. The Balaban J connectivity index is 1.62. The predicted molar refractivity (Wildman–Crippen MR) is 98.6 cm³/mol. The Hall–Kier alpha value is -1.67. The van der Waals surface area contributed by atoms with E-state index in [1.165, 1.54) is 0 Å². The van der Waals surface area contributed by atoms with Crippen LogP contribution in [0.25, 0.3) is 0 Å². The van der Waals surface area contributed by atoms with Gasteiger partial charge in [-0.15, -0.1) is 0 Å². The molecule has 0 fully saturated rings. The van der Waals surface area contributed by atoms with Crippen LogP contribution in [0.1, 0.15) is 11.1 Å². The fraction of sp³-hybridized carbons (Fsp3) is 0.294. The summed E-state index contributed by atoms with van der Waals surface area (Å²) in [5.41, 5.74) is 1.86. The fourth-order valence-electron chi connectivity index (χ4n) is 2.60. The van der Waals surface area contributed by atoms with E-state index in [2.05, 4.69) is 26.2 Å². The molecule has 132 valence electrons. The van der Waals surface area contributed by atoms with Crippen molar-refractivity contribution in [3.63, 3.8) is 0 Å². The van der Waals surface area contributed by atoms with Crippen LogP contribution < -0.4 is 10.1 Å². The van der Waals surface area contributed by atoms with E-state index in [1.807, 2.05) is 30.1 Å². The van der Waals surface area contributed by atoms with Crippen molar-refractivity contribution in [3.05, 3.63) is 51.1 Å². The summed E-state index contributed by atoms with van der Waals surface area (Å²) in [6.45, 7) is 1.45. The lowest BCUT2D eigenvalue weighted by Crippen LogP contribution is -2.30. The minimum absolute atomic E-state index is 0.141. The number of anilines is 1. The van der Waals surface area contributed by atoms with E-state index in [1.54, 1.807) is 12.3 Å². The summed E-state index contributed by atoms with van der Waals surface area (Å²) in [4.78, 5) is 18.2. The summed E-state index contributed by atoms with van der Waals surface area (Å²) < 4.78 is 11.7. The second-order valence-electron chi connectivity index (χ2n) is 5.75. The molecule has 0 saturated carbocycles. The number of aromatic nitrogens is 1. The number of hydrogen-bond donors (Lipinski definition) is 1. The fourth-order valence-corrected chi connectivity index (χ4v) is 3.10. The second-order valence-corrected chi connectivity index (χ2v) is 7.10. The Bertz CT molecular complexity index is 770. The van der Waals surface area contributed by atoms with Crippen molar-refractivity contribution in [1.29, 1.82) is 0 Å². The molecule has 0 saturated heterocycles. The topological polar surface area (TPSA) is 63.7 Å². The number of nitrogens with one attached hydrogen (secondary N) is 1. The zero-order chi connectivity index (χ0) is 17.8. The quantitative estimate of drug-likeness (QED) is 0.793. The smallest absolute Gasteiger partial charge is 0.239 e. The molecule has 1 amide bonds. The van der Waals surface area contributed by atoms with Gasteiger partial charge in [-0.3, -0.25) is 9.69 Å². The van der Waals surface area contributed by atoms with E-state index < -0.39 is 0 Å². The molecular weight excluding hydrogens is 410 g/mol. The lowest BCUT2D eigenvalue weighted by molar-refractivity contribution is -0.117. The highest BCUT2D eigenvalue weighted by molar-refractivity contribution is 9.10. The summed E-state index contributed by atoms with van der Waals surface area (Å²) in [5, 5.41) is 3.39. The van der Waals surface area contributed by atoms with Gasteiger partial charge in [-0.05, 0) is 47.2 Å². The van der Waals surface area contributed by atoms with Crippen molar-refractivity contribution in [3.8, 4) is 5.75 Å². The minimum atomic E-state index is -0.141. The number of rotatable bonds is 5. The van der Waals surface area contributed by atoms with Crippen molar-refractivity contribution in [2.24, 2.45) is 0 Å². The first-order valence-electron chi connectivity index (χ1n) is 7.63. The van der Waals surface area contributed by atoms with Crippen LogP contribution >= 0.6 is 27.5 Å². The lowest BCUT2D eigenvalue weighted by Gasteiger charge is -2.23. The average molecular weight is 427 g/mol. The van der Waals surface area contributed by atoms with E-state index in [9.17, 15) is 4.79 Å². The number of pyridine rings is 1. The maximum atomic E-state index is 12.2. The zero-order valence-electron chi connectivity index (χ0n) is 13.6. The maximum Gasteiger partial charge on any atom is 0.239 e. The van der Waals surface area contributed by atoms with Crippen LogP contribution in [0, 0.1) is 0 Å². The molecule has 1 aromatic heterocycles. The van der Waals surface area contributed by atoms with Crippen LogP contribution in [-0.4, -0.2) is 36.2 Å². The van der Waals surface area contributed by atoms with Gasteiger partial charge in [-0.25, -0.2) is 4.98 Å². The predicted octanol–water partition coefficient (Wildman–Crippen LogP) is 3.43. The first-order chi connectivity index (χ1) is 12.0. The number of hydrogen-bond acceptors (Lipinski definition) is 5. The molecule has 0 aliphatic carbocycles. The van der Waals surface area contributed by atoms with E-state index in [4.69, 9.17) is 21.1 Å². The third-order valence-corrected chi connectivity index (χ3v) is 4.29. The molecular formula is C17H17BrClN3O3. The molecule has 0 spiro atoms. The number of likely N-dealkylation sites (N-methyl/N-ethyl adjacent to an activating group) is 1. The van der Waals surface area contributed by atoms with E-state index in [-0.39, 0.29) is 19.2 Å². The number of benzene rings is 1. The summed E-state index contributed by atoms with van der Waals surface area (Å²) in [6.07, 6.45) is 1.64. The molecule has 0 atom stereocenters. The van der Waals surface area contributed by atoms with E-state index in [0.717, 1.165) is 21.3 Å². The van der Waals surface area contributed by atoms with Crippen LogP contribution in [0.5, 0.6) is 5.75 Å². The Morgan fingerprint density at radius 3 is 3.04 bits per heavy atom. The monoisotopic (exact) mass is 425 g/mol. The largest absolute Gasteiger partial charge is 0.467 e. The van der Waals surface area contributed by atoms with Crippen LogP contribution in [-0.2, 0) is 22.7 Å². The first kappa shape index (κ1) is 18.1. The van der Waals surface area contributed by atoms with Crippen LogP contribution in [0.15, 0.2) is 34.9 Å². The first-order valence-corrected chi connectivity index (χ1v) is 8.80. The highest BCUT2D eigenvalue weighted by Crippen LogP contribution is 2.32. The van der Waals surface area contributed by atoms with Crippen molar-refractivity contribution in [1.82, 2.24) is 9.88 Å². The number of carbonyl (C=O) groups is 1. The minimum Gasteiger partial charge on any atom is -0.467 e. The number of fused-ring (bicyclic) bond motifs is 1. The summed E-state index contributed by atoms with van der Waals surface area (Å²) in [5.74, 6) is 1.16. The van der Waals surface area contributed by atoms with Gasteiger partial charge >= 0.3 is 0 Å². The Kier molecular flexibility index (Phi) is 5.90. The Morgan fingerprint density at radius 2 is 2.28 bits per heavy atom. The van der Waals surface area contributed by atoms with Gasteiger partial charge in [0.2, 0.25) is 5.91 Å². The molecule has 1 aromatic carbocycles. The van der Waals surface area contributed by atoms with Crippen LogP contribution in [0.3, 0.4) is 0 Å². The van der Waals surface area contributed by atoms with Gasteiger partial charge in [-0.2, -0.15) is 0 Å². The number of amides is 1. The zero-order valence-corrected chi connectivity index (χ0v) is 15.9. The van der Waals surface area contributed by atoms with Gasteiger partial charge in [0.15, 0.2) is 6.79 Å². The molecule has 25 heavy (non-hydrogen) atoms. The third kappa shape index (κ3) is 4.92. The molecule has 0 radical (unpaired) electrons. The van der Waals surface area contributed by atoms with Gasteiger partial charge in [0.1, 0.15) is 11.6 Å². The molecule has 1 N–H and O–H groups in total. The van der Waals surface area contributed by atoms with Gasteiger partial charge in [0, 0.05) is 33.4 Å². The summed E-state index contributed by atoms with van der Waals surface area (Å²) in [6, 6.07) is 7.26. The second kappa shape index (κ2) is 8.14. The molecule has 1 aliphatic rings. The number of halogens is 2. The van der Waals surface area contributed by atoms with Crippen molar-refractivity contribution < 1.29 is 14.3 Å². The molecule has 1 aliphatic heterocycles. The standard InChI is InChI=1S/C17H17BrClN3O3/c1-22(8-16(23)21-15-3-2-13(18)6-20-15)7-11-4-14(19)5-12-9-24-10-25-17(11)12/h2-6H,7-10H2,1H3,(H,20,21,23). The third-order valence-electron chi connectivity index (χ3n) is 3.60. The molecule has 0 unspecified atom stereocenters. The number of nitrogens with zero attached hydrogens (tertiary/aromatic N) is 2. The molecule has 8 heteroatoms. The average Bonchev–Trinajstić information content (AvgIpc) is 2.56. The lowest BCUT2D eigenvalue weighted by atomic mass is 10.1. The number of carbonyl (C=O) groups excluding carboxylic acids is 1. The van der Waals surface area contributed by atoms with Crippen molar-refractivity contribution in [2.75, 3.05) is 25.7 Å². The van der Waals surface area contributed by atoms with Crippen molar-refractivity contribution >= 4 is 39.3 Å². The Labute approximate surface area is 159 Å². The van der Waals surface area contributed by atoms with Gasteiger partial charge in [-0.1, -0.05) is 11.6 Å². The highest BCUT2D eigenvalue weighted by atomic mass is 79.9. The summed E-state index contributed by atoms with van der Waals surface area (Å²) >= 11 is 9.48. The SMILES string of the molecule is CN(CC(=O)Nc1ccc(Br)cn1)Cc1cc(Cl)cc2c1OCOC2. The van der Waals surface area contributed by atoms with Gasteiger partial charge < -0.3 is 14.8 Å². The molecule has 2 heterocycles. The summed E-state index contributed by atoms with van der Waals surface area (Å²) in [7, 11) is 1.86. The highest BCUT2D eigenvalue weighted by Gasteiger charge is 2.18. The molecule has 2 aromatic rings. The normalized spacial score (nSPS) is 13.3. The van der Waals surface area contributed by atoms with E-state index >= 15 is 0 Å². The van der Waals surface area contributed by atoms with Gasteiger partial charge in [0.25, 0.3) is 0 Å². The van der Waals surface area contributed by atoms with Crippen molar-refractivity contribution in [2.45, 2.75) is 13.2 Å². The molecule has 0 bridgehead atoms. The van der Waals surface area contributed by atoms with E-state index in [0.29, 0.717) is 24.0 Å². The molecule has 6 nitrogen and oxygen atoms in total. The molecule has 3 rings (SSSR count). The Morgan fingerprint density at radius 1 is 1.44 bits per heavy atom.